The molecule has 0 spiro atoms. The van der Waals surface area contributed by atoms with E-state index in [1.807, 2.05) is 0 Å². The second-order valence-electron chi connectivity index (χ2n) is 4.31. The van der Waals surface area contributed by atoms with Gasteiger partial charge < -0.3 is 14.3 Å². The number of hydrogen-bond donors (Lipinski definition) is 1. The highest BCUT2D eigenvalue weighted by Gasteiger charge is 2.49. The molecule has 5 nitrogen and oxygen atoms in total. The van der Waals surface area contributed by atoms with Crippen LogP contribution >= 0.6 is 0 Å². The average molecular weight is 259 g/mol. The third-order valence-corrected chi connectivity index (χ3v) is 3.25. The van der Waals surface area contributed by atoms with Gasteiger partial charge in [0.1, 0.15) is 17.6 Å². The Balaban J connectivity index is 1.91. The topological polar surface area (TPSA) is 62.9 Å². The van der Waals surface area contributed by atoms with E-state index < -0.39 is 12.1 Å². The van der Waals surface area contributed by atoms with E-state index in [2.05, 4.69) is 0 Å². The minimum Gasteiger partial charge on any atom is -0.497 e. The fraction of sp³-hybridized carbons (Fsp3) is 0.214. The van der Waals surface area contributed by atoms with Gasteiger partial charge in [-0.05, 0) is 36.4 Å². The van der Waals surface area contributed by atoms with Gasteiger partial charge in [0.2, 0.25) is 0 Å². The van der Waals surface area contributed by atoms with E-state index in [9.17, 15) is 9.90 Å². The van der Waals surface area contributed by atoms with Gasteiger partial charge in [-0.3, -0.25) is 9.69 Å². The van der Waals surface area contributed by atoms with Crippen molar-refractivity contribution in [2.24, 2.45) is 0 Å². The number of benzene rings is 1. The van der Waals surface area contributed by atoms with E-state index in [1.54, 1.807) is 43.5 Å². The molecular formula is C14H13NO4. The normalized spacial score (nSPS) is 22.2. The molecule has 1 aliphatic heterocycles. The number of furan rings is 1. The summed E-state index contributed by atoms with van der Waals surface area (Å²) in [6, 6.07) is 10.1. The molecular weight excluding hydrogens is 246 g/mol. The maximum Gasteiger partial charge on any atom is 0.259 e. The molecule has 1 fully saturated rings. The first-order valence-electron chi connectivity index (χ1n) is 5.91. The minimum atomic E-state index is -1.05. The highest BCUT2D eigenvalue weighted by atomic mass is 16.5. The molecule has 1 amide bonds. The summed E-state index contributed by atoms with van der Waals surface area (Å²) in [5.41, 5.74) is 0.706. The van der Waals surface area contributed by atoms with Gasteiger partial charge in [-0.25, -0.2) is 0 Å². The Kier molecular flexibility index (Phi) is 2.76. The van der Waals surface area contributed by atoms with Crippen molar-refractivity contribution in [2.45, 2.75) is 12.1 Å². The first-order chi connectivity index (χ1) is 9.22. The summed E-state index contributed by atoms with van der Waals surface area (Å²) in [5.74, 6) is 0.960. The van der Waals surface area contributed by atoms with Gasteiger partial charge in [-0.1, -0.05) is 0 Å². The van der Waals surface area contributed by atoms with Crippen LogP contribution in [0.4, 0.5) is 5.69 Å². The summed E-state index contributed by atoms with van der Waals surface area (Å²) >= 11 is 0. The molecule has 2 atom stereocenters. The molecule has 1 aromatic carbocycles. The molecule has 5 heteroatoms. The molecule has 98 valence electrons. The molecule has 1 saturated heterocycles. The summed E-state index contributed by atoms with van der Waals surface area (Å²) in [6.45, 7) is 0. The highest BCUT2D eigenvalue weighted by Crippen LogP contribution is 2.39. The standard InChI is InChI=1S/C14H13NO4/c1-18-10-6-4-9(5-7-10)15-12(13(16)14(15)17)11-3-2-8-19-11/h2-8,12-13,16H,1H3/t12?,13-/m1/s1. The van der Waals surface area contributed by atoms with E-state index in [4.69, 9.17) is 9.15 Å². The lowest BCUT2D eigenvalue weighted by molar-refractivity contribution is -0.137. The van der Waals surface area contributed by atoms with Crippen LogP contribution in [0, 0.1) is 0 Å². The number of methoxy groups -OCH3 is 1. The number of anilines is 1. The van der Waals surface area contributed by atoms with Gasteiger partial charge in [0.15, 0.2) is 6.10 Å². The van der Waals surface area contributed by atoms with Crippen LogP contribution in [0.25, 0.3) is 0 Å². The Morgan fingerprint density at radius 1 is 1.26 bits per heavy atom. The molecule has 0 saturated carbocycles. The van der Waals surface area contributed by atoms with Crippen molar-refractivity contribution in [2.75, 3.05) is 12.0 Å². The minimum absolute atomic E-state index is 0.327. The quantitative estimate of drug-likeness (QED) is 0.853. The van der Waals surface area contributed by atoms with Gasteiger partial charge in [0.25, 0.3) is 5.91 Å². The number of amides is 1. The summed E-state index contributed by atoms with van der Waals surface area (Å²) < 4.78 is 10.4. The molecule has 1 N–H and O–H groups in total. The van der Waals surface area contributed by atoms with Crippen LogP contribution < -0.4 is 9.64 Å². The zero-order chi connectivity index (χ0) is 13.4. The van der Waals surface area contributed by atoms with E-state index in [0.29, 0.717) is 17.2 Å². The average Bonchev–Trinajstić information content (AvgIpc) is 2.97. The molecule has 19 heavy (non-hydrogen) atoms. The maximum absolute atomic E-state index is 11.8. The Morgan fingerprint density at radius 2 is 2.00 bits per heavy atom. The van der Waals surface area contributed by atoms with Crippen LogP contribution in [-0.4, -0.2) is 24.2 Å². The van der Waals surface area contributed by atoms with Gasteiger partial charge in [0.05, 0.1) is 13.4 Å². The van der Waals surface area contributed by atoms with Crippen LogP contribution in [-0.2, 0) is 4.79 Å². The lowest BCUT2D eigenvalue weighted by Gasteiger charge is -2.43. The maximum atomic E-state index is 11.8. The molecule has 1 unspecified atom stereocenters. The van der Waals surface area contributed by atoms with Gasteiger partial charge in [-0.2, -0.15) is 0 Å². The third kappa shape index (κ3) is 1.79. The van der Waals surface area contributed by atoms with Crippen molar-refractivity contribution >= 4 is 11.6 Å². The Hall–Kier alpha value is -2.27. The van der Waals surface area contributed by atoms with Gasteiger partial charge in [-0.15, -0.1) is 0 Å². The number of β-lactam (4-membered cyclic amide) rings is 1. The number of rotatable bonds is 3. The van der Waals surface area contributed by atoms with Crippen LogP contribution in [0.5, 0.6) is 5.75 Å². The zero-order valence-electron chi connectivity index (χ0n) is 10.3. The third-order valence-electron chi connectivity index (χ3n) is 3.25. The largest absolute Gasteiger partial charge is 0.497 e. The summed E-state index contributed by atoms with van der Waals surface area (Å²) in [7, 11) is 1.58. The first kappa shape index (κ1) is 11.8. The number of nitrogens with zero attached hydrogens (tertiary/aromatic N) is 1. The molecule has 3 rings (SSSR count). The second kappa shape index (κ2) is 4.44. The molecule has 2 aromatic rings. The molecule has 2 heterocycles. The van der Waals surface area contributed by atoms with Crippen LogP contribution in [0.2, 0.25) is 0 Å². The van der Waals surface area contributed by atoms with Crippen LogP contribution in [0.1, 0.15) is 11.8 Å². The Labute approximate surface area is 110 Å². The van der Waals surface area contributed by atoms with E-state index in [0.717, 1.165) is 0 Å². The molecule has 1 aromatic heterocycles. The smallest absolute Gasteiger partial charge is 0.259 e. The number of ether oxygens (including phenoxy) is 1. The van der Waals surface area contributed by atoms with E-state index in [1.165, 1.54) is 11.2 Å². The van der Waals surface area contributed by atoms with Crippen molar-refractivity contribution in [3.05, 3.63) is 48.4 Å². The monoisotopic (exact) mass is 259 g/mol. The molecule has 1 aliphatic rings. The fourth-order valence-electron chi connectivity index (χ4n) is 2.25. The predicted octanol–water partition coefficient (Wildman–Crippen LogP) is 1.74. The second-order valence-corrected chi connectivity index (χ2v) is 4.31. The van der Waals surface area contributed by atoms with Crippen molar-refractivity contribution in [3.8, 4) is 5.75 Å². The van der Waals surface area contributed by atoms with Gasteiger partial charge in [0, 0.05) is 5.69 Å². The van der Waals surface area contributed by atoms with E-state index in [-0.39, 0.29) is 5.91 Å². The predicted molar refractivity (Wildman–Crippen MR) is 67.9 cm³/mol. The van der Waals surface area contributed by atoms with Crippen LogP contribution in [0.15, 0.2) is 47.1 Å². The SMILES string of the molecule is COc1ccc(N2C(=O)[C@H](O)C2c2ccco2)cc1. The molecule has 0 aliphatic carbocycles. The number of carbonyl (C=O) groups excluding carboxylic acids is 1. The van der Waals surface area contributed by atoms with E-state index >= 15 is 0 Å². The number of carbonyl (C=O) groups is 1. The van der Waals surface area contributed by atoms with Crippen molar-refractivity contribution in [1.29, 1.82) is 0 Å². The summed E-state index contributed by atoms with van der Waals surface area (Å²) in [5, 5.41) is 9.80. The Bertz CT molecular complexity index is 576. The van der Waals surface area contributed by atoms with Gasteiger partial charge >= 0.3 is 0 Å². The van der Waals surface area contributed by atoms with Crippen molar-refractivity contribution < 1.29 is 19.1 Å². The number of aliphatic hydroxyl groups is 1. The summed E-state index contributed by atoms with van der Waals surface area (Å²) in [4.78, 5) is 13.3. The van der Waals surface area contributed by atoms with Crippen molar-refractivity contribution in [3.63, 3.8) is 0 Å². The lowest BCUT2D eigenvalue weighted by atomic mass is 9.94. The zero-order valence-corrected chi connectivity index (χ0v) is 10.3. The molecule has 0 radical (unpaired) electrons. The highest BCUT2D eigenvalue weighted by molar-refractivity contribution is 6.04. The first-order valence-corrected chi connectivity index (χ1v) is 5.91. The Morgan fingerprint density at radius 3 is 2.58 bits per heavy atom. The van der Waals surface area contributed by atoms with Crippen LogP contribution in [0.3, 0.4) is 0 Å². The fourth-order valence-corrected chi connectivity index (χ4v) is 2.25. The number of aliphatic hydroxyl groups excluding tert-OH is 1. The number of hydrogen-bond acceptors (Lipinski definition) is 4. The molecule has 0 bridgehead atoms. The lowest BCUT2D eigenvalue weighted by Crippen LogP contribution is -2.59. The van der Waals surface area contributed by atoms with Crippen molar-refractivity contribution in [1.82, 2.24) is 0 Å². The summed E-state index contributed by atoms with van der Waals surface area (Å²) in [6.07, 6.45) is 0.477.